The molecule has 96 valence electrons. The summed E-state index contributed by atoms with van der Waals surface area (Å²) in [5.74, 6) is 0. The van der Waals surface area contributed by atoms with E-state index in [9.17, 15) is 0 Å². The van der Waals surface area contributed by atoms with E-state index >= 15 is 0 Å². The van der Waals surface area contributed by atoms with E-state index < -0.39 is 0 Å². The molecule has 0 spiro atoms. The number of likely N-dealkylation sites (N-methyl/N-ethyl adjacent to an activating group) is 1. The average molecular weight is 230 g/mol. The van der Waals surface area contributed by atoms with E-state index in [1.807, 2.05) is 0 Å². The van der Waals surface area contributed by atoms with E-state index in [1.54, 1.807) is 7.11 Å². The molecule has 1 aliphatic heterocycles. The van der Waals surface area contributed by atoms with Crippen molar-refractivity contribution < 1.29 is 9.47 Å². The average Bonchev–Trinajstić information content (AvgIpc) is 2.76. The predicted molar refractivity (Wildman–Crippen MR) is 65.8 cm³/mol. The Morgan fingerprint density at radius 2 is 2.19 bits per heavy atom. The summed E-state index contributed by atoms with van der Waals surface area (Å²) in [5, 5.41) is 3.51. The molecule has 1 unspecified atom stereocenters. The van der Waals surface area contributed by atoms with Crippen molar-refractivity contribution >= 4 is 0 Å². The summed E-state index contributed by atoms with van der Waals surface area (Å²) in [6.45, 7) is 5.77. The normalized spacial score (nSPS) is 20.8. The number of methoxy groups -OCH3 is 1. The van der Waals surface area contributed by atoms with Gasteiger partial charge in [0.05, 0.1) is 6.61 Å². The third-order valence-corrected chi connectivity index (χ3v) is 2.95. The highest BCUT2D eigenvalue weighted by Crippen LogP contribution is 2.05. The molecule has 0 aromatic carbocycles. The SMILES string of the molecule is COCCCOCCN(C)CC1CCCN1. The van der Waals surface area contributed by atoms with Crippen molar-refractivity contribution in [3.05, 3.63) is 0 Å². The third-order valence-electron chi connectivity index (χ3n) is 2.95. The van der Waals surface area contributed by atoms with E-state index in [-0.39, 0.29) is 0 Å². The van der Waals surface area contributed by atoms with Crippen molar-refractivity contribution in [2.24, 2.45) is 0 Å². The molecule has 4 nitrogen and oxygen atoms in total. The Hall–Kier alpha value is -0.160. The minimum Gasteiger partial charge on any atom is -0.385 e. The first-order valence-corrected chi connectivity index (χ1v) is 6.31. The fourth-order valence-electron chi connectivity index (χ4n) is 2.01. The fourth-order valence-corrected chi connectivity index (χ4v) is 2.01. The molecule has 0 saturated carbocycles. The summed E-state index contributed by atoms with van der Waals surface area (Å²) in [4.78, 5) is 2.35. The molecule has 0 aromatic heterocycles. The van der Waals surface area contributed by atoms with Gasteiger partial charge in [0.2, 0.25) is 0 Å². The van der Waals surface area contributed by atoms with Crippen LogP contribution in [0.15, 0.2) is 0 Å². The van der Waals surface area contributed by atoms with Gasteiger partial charge >= 0.3 is 0 Å². The number of nitrogens with zero attached hydrogens (tertiary/aromatic N) is 1. The molecule has 1 rings (SSSR count). The number of nitrogens with one attached hydrogen (secondary N) is 1. The van der Waals surface area contributed by atoms with Crippen molar-refractivity contribution in [3.8, 4) is 0 Å². The summed E-state index contributed by atoms with van der Waals surface area (Å²) in [5.41, 5.74) is 0. The maximum Gasteiger partial charge on any atom is 0.0593 e. The van der Waals surface area contributed by atoms with Gasteiger partial charge in [0, 0.05) is 39.5 Å². The standard InChI is InChI=1S/C12H26N2O2/c1-14(11-12-5-3-6-13-12)7-10-16-9-4-8-15-2/h12-13H,3-11H2,1-2H3. The number of hydrogen-bond donors (Lipinski definition) is 1. The van der Waals surface area contributed by atoms with Crippen LogP contribution in [0.2, 0.25) is 0 Å². The van der Waals surface area contributed by atoms with Gasteiger partial charge in [-0.1, -0.05) is 0 Å². The van der Waals surface area contributed by atoms with Gasteiger partial charge in [-0.3, -0.25) is 0 Å². The van der Waals surface area contributed by atoms with Crippen LogP contribution in [0, 0.1) is 0 Å². The quantitative estimate of drug-likeness (QED) is 0.592. The van der Waals surface area contributed by atoms with E-state index in [2.05, 4.69) is 17.3 Å². The van der Waals surface area contributed by atoms with Crippen LogP contribution in [0.4, 0.5) is 0 Å². The smallest absolute Gasteiger partial charge is 0.0593 e. The molecular weight excluding hydrogens is 204 g/mol. The van der Waals surface area contributed by atoms with Gasteiger partial charge in [-0.15, -0.1) is 0 Å². The summed E-state index contributed by atoms with van der Waals surface area (Å²) in [6, 6.07) is 0.693. The molecule has 0 amide bonds. The van der Waals surface area contributed by atoms with Crippen molar-refractivity contribution in [3.63, 3.8) is 0 Å². The van der Waals surface area contributed by atoms with Gasteiger partial charge in [-0.05, 0) is 32.9 Å². The Morgan fingerprint density at radius 1 is 1.31 bits per heavy atom. The Morgan fingerprint density at radius 3 is 2.88 bits per heavy atom. The van der Waals surface area contributed by atoms with Crippen LogP contribution < -0.4 is 5.32 Å². The van der Waals surface area contributed by atoms with E-state index in [1.165, 1.54) is 19.4 Å². The van der Waals surface area contributed by atoms with Crippen molar-refractivity contribution in [2.75, 3.05) is 53.6 Å². The van der Waals surface area contributed by atoms with Crippen LogP contribution >= 0.6 is 0 Å². The lowest BCUT2D eigenvalue weighted by Gasteiger charge is -2.20. The van der Waals surface area contributed by atoms with Crippen molar-refractivity contribution in [1.29, 1.82) is 0 Å². The molecule has 1 heterocycles. The second kappa shape index (κ2) is 8.93. The van der Waals surface area contributed by atoms with Gasteiger partial charge in [-0.2, -0.15) is 0 Å². The fraction of sp³-hybridized carbons (Fsp3) is 1.00. The third kappa shape index (κ3) is 6.43. The lowest BCUT2D eigenvalue weighted by atomic mass is 10.2. The molecule has 16 heavy (non-hydrogen) atoms. The maximum absolute atomic E-state index is 5.53. The van der Waals surface area contributed by atoms with Crippen LogP contribution in [0.3, 0.4) is 0 Å². The summed E-state index contributed by atoms with van der Waals surface area (Å²) in [7, 11) is 3.89. The van der Waals surface area contributed by atoms with Crippen molar-refractivity contribution in [2.45, 2.75) is 25.3 Å². The zero-order valence-corrected chi connectivity index (χ0v) is 10.7. The predicted octanol–water partition coefficient (Wildman–Crippen LogP) is 0.723. The Kier molecular flexibility index (Phi) is 7.76. The van der Waals surface area contributed by atoms with Crippen LogP contribution in [0.1, 0.15) is 19.3 Å². The second-order valence-corrected chi connectivity index (χ2v) is 4.51. The van der Waals surface area contributed by atoms with Gasteiger partial charge in [0.25, 0.3) is 0 Å². The number of hydrogen-bond acceptors (Lipinski definition) is 4. The molecule has 0 radical (unpaired) electrons. The summed E-state index contributed by atoms with van der Waals surface area (Å²) >= 11 is 0. The Labute approximate surface area is 99.3 Å². The molecular formula is C12H26N2O2. The molecule has 0 bridgehead atoms. The summed E-state index contributed by atoms with van der Waals surface area (Å²) < 4.78 is 10.5. The van der Waals surface area contributed by atoms with Crippen molar-refractivity contribution in [1.82, 2.24) is 10.2 Å². The number of rotatable bonds is 9. The largest absolute Gasteiger partial charge is 0.385 e. The first-order chi connectivity index (χ1) is 7.83. The lowest BCUT2D eigenvalue weighted by Crippen LogP contribution is -2.36. The zero-order valence-electron chi connectivity index (χ0n) is 10.7. The van der Waals surface area contributed by atoms with Gasteiger partial charge < -0.3 is 19.7 Å². The molecule has 1 aliphatic rings. The minimum atomic E-state index is 0.693. The lowest BCUT2D eigenvalue weighted by molar-refractivity contribution is 0.0874. The Balaban J connectivity index is 1.87. The molecule has 1 saturated heterocycles. The second-order valence-electron chi connectivity index (χ2n) is 4.51. The molecule has 4 heteroatoms. The van der Waals surface area contributed by atoms with Gasteiger partial charge in [0.15, 0.2) is 0 Å². The van der Waals surface area contributed by atoms with Crippen LogP contribution in [0.25, 0.3) is 0 Å². The molecule has 1 N–H and O–H groups in total. The number of ether oxygens (including phenoxy) is 2. The van der Waals surface area contributed by atoms with E-state index in [4.69, 9.17) is 9.47 Å². The van der Waals surface area contributed by atoms with Crippen LogP contribution in [-0.2, 0) is 9.47 Å². The molecule has 1 fully saturated rings. The highest BCUT2D eigenvalue weighted by atomic mass is 16.5. The first kappa shape index (κ1) is 13.9. The summed E-state index contributed by atoms with van der Waals surface area (Å²) in [6.07, 6.45) is 3.63. The van der Waals surface area contributed by atoms with Crippen LogP contribution in [-0.4, -0.2) is 64.6 Å². The zero-order chi connectivity index (χ0) is 11.6. The minimum absolute atomic E-state index is 0.693. The first-order valence-electron chi connectivity index (χ1n) is 6.31. The topological polar surface area (TPSA) is 33.7 Å². The van der Waals surface area contributed by atoms with Gasteiger partial charge in [0.1, 0.15) is 0 Å². The highest BCUT2D eigenvalue weighted by Gasteiger charge is 2.15. The van der Waals surface area contributed by atoms with E-state index in [0.29, 0.717) is 6.04 Å². The monoisotopic (exact) mass is 230 g/mol. The molecule has 0 aromatic rings. The van der Waals surface area contributed by atoms with Gasteiger partial charge in [-0.25, -0.2) is 0 Å². The molecule has 1 atom stereocenters. The highest BCUT2D eigenvalue weighted by molar-refractivity contribution is 4.76. The Bertz CT molecular complexity index is 161. The van der Waals surface area contributed by atoms with Crippen LogP contribution in [0.5, 0.6) is 0 Å². The maximum atomic E-state index is 5.53. The van der Waals surface area contributed by atoms with E-state index in [0.717, 1.165) is 39.3 Å². The molecule has 0 aliphatic carbocycles.